The number of hydrogen-bond acceptors (Lipinski definition) is 3. The number of nitrogen functional groups attached to an aromatic ring is 1. The lowest BCUT2D eigenvalue weighted by molar-refractivity contribution is 0.586. The number of benzene rings is 2. The molecule has 0 bridgehead atoms. The number of hydrogen-bond donors (Lipinski definition) is 1. The van der Waals surface area contributed by atoms with Crippen molar-refractivity contribution in [3.8, 4) is 22.5 Å². The van der Waals surface area contributed by atoms with Crippen LogP contribution in [-0.2, 0) is 5.41 Å². The Labute approximate surface area is 143 Å². The molecule has 0 radical (unpaired) electrons. The summed E-state index contributed by atoms with van der Waals surface area (Å²) >= 11 is 0. The lowest BCUT2D eigenvalue weighted by atomic mass is 9.82. The van der Waals surface area contributed by atoms with Crippen LogP contribution in [0.3, 0.4) is 0 Å². The Morgan fingerprint density at radius 2 is 1.58 bits per heavy atom. The van der Waals surface area contributed by atoms with Crippen molar-refractivity contribution in [1.82, 2.24) is 9.97 Å². The van der Waals surface area contributed by atoms with Gasteiger partial charge in [0.05, 0.1) is 17.6 Å². The molecule has 122 valence electrons. The molecule has 3 aromatic rings. The summed E-state index contributed by atoms with van der Waals surface area (Å²) in [6.07, 6.45) is 1.62. The fraction of sp³-hybridized carbons (Fsp3) is 0.238. The minimum atomic E-state index is 0.0776. The molecule has 0 saturated heterocycles. The van der Waals surface area contributed by atoms with Crippen molar-refractivity contribution in [3.63, 3.8) is 0 Å². The SMILES string of the molecule is Cc1ccc(-c2ncc(N)nc2-c2ccccc2)cc1C(C)(C)C. The van der Waals surface area contributed by atoms with E-state index >= 15 is 0 Å². The van der Waals surface area contributed by atoms with Crippen molar-refractivity contribution >= 4 is 5.82 Å². The van der Waals surface area contributed by atoms with E-state index in [-0.39, 0.29) is 5.41 Å². The summed E-state index contributed by atoms with van der Waals surface area (Å²) in [6.45, 7) is 8.83. The van der Waals surface area contributed by atoms with Gasteiger partial charge in [0.1, 0.15) is 5.82 Å². The number of anilines is 1. The average molecular weight is 317 g/mol. The van der Waals surface area contributed by atoms with E-state index in [4.69, 9.17) is 5.73 Å². The zero-order chi connectivity index (χ0) is 17.3. The van der Waals surface area contributed by atoms with Crippen LogP contribution in [0.5, 0.6) is 0 Å². The molecule has 0 amide bonds. The van der Waals surface area contributed by atoms with Crippen LogP contribution >= 0.6 is 0 Å². The molecule has 2 N–H and O–H groups in total. The molecule has 1 heterocycles. The Bertz CT molecular complexity index is 862. The molecule has 0 aliphatic heterocycles. The van der Waals surface area contributed by atoms with Gasteiger partial charge < -0.3 is 5.73 Å². The van der Waals surface area contributed by atoms with Crippen LogP contribution in [0.25, 0.3) is 22.5 Å². The first-order valence-corrected chi connectivity index (χ1v) is 8.16. The first-order chi connectivity index (χ1) is 11.4. The van der Waals surface area contributed by atoms with E-state index in [0.29, 0.717) is 5.82 Å². The highest BCUT2D eigenvalue weighted by molar-refractivity contribution is 5.79. The van der Waals surface area contributed by atoms with E-state index < -0.39 is 0 Å². The Morgan fingerprint density at radius 3 is 2.25 bits per heavy atom. The fourth-order valence-electron chi connectivity index (χ4n) is 2.99. The quantitative estimate of drug-likeness (QED) is 0.723. The van der Waals surface area contributed by atoms with E-state index in [2.05, 4.69) is 55.9 Å². The van der Waals surface area contributed by atoms with Gasteiger partial charge in [-0.3, -0.25) is 4.98 Å². The van der Waals surface area contributed by atoms with Gasteiger partial charge in [0.2, 0.25) is 0 Å². The Balaban J connectivity index is 2.21. The molecule has 0 spiro atoms. The second-order valence-electron chi connectivity index (χ2n) is 7.14. The molecule has 0 aliphatic carbocycles. The minimum absolute atomic E-state index is 0.0776. The van der Waals surface area contributed by atoms with E-state index in [0.717, 1.165) is 22.5 Å². The topological polar surface area (TPSA) is 51.8 Å². The maximum absolute atomic E-state index is 5.89. The molecule has 3 nitrogen and oxygen atoms in total. The van der Waals surface area contributed by atoms with Crippen molar-refractivity contribution < 1.29 is 0 Å². The highest BCUT2D eigenvalue weighted by Gasteiger charge is 2.19. The summed E-state index contributed by atoms with van der Waals surface area (Å²) in [7, 11) is 0. The van der Waals surface area contributed by atoms with Gasteiger partial charge in [-0.15, -0.1) is 0 Å². The highest BCUT2D eigenvalue weighted by atomic mass is 14.9. The predicted molar refractivity (Wildman–Crippen MR) is 101 cm³/mol. The number of rotatable bonds is 2. The number of aryl methyl sites for hydroxylation is 1. The van der Waals surface area contributed by atoms with Crippen LogP contribution in [0.4, 0.5) is 5.82 Å². The summed E-state index contributed by atoms with van der Waals surface area (Å²) < 4.78 is 0. The predicted octanol–water partition coefficient (Wildman–Crippen LogP) is 5.00. The fourth-order valence-corrected chi connectivity index (χ4v) is 2.99. The highest BCUT2D eigenvalue weighted by Crippen LogP contribution is 2.33. The number of nitrogens with two attached hydrogens (primary N) is 1. The summed E-state index contributed by atoms with van der Waals surface area (Å²) in [5.74, 6) is 0.431. The first-order valence-electron chi connectivity index (χ1n) is 8.16. The lowest BCUT2D eigenvalue weighted by Crippen LogP contribution is -2.13. The van der Waals surface area contributed by atoms with Gasteiger partial charge in [0.25, 0.3) is 0 Å². The molecular weight excluding hydrogens is 294 g/mol. The summed E-state index contributed by atoms with van der Waals surface area (Å²) in [5.41, 5.74) is 12.3. The Kier molecular flexibility index (Phi) is 4.10. The lowest BCUT2D eigenvalue weighted by Gasteiger charge is -2.23. The zero-order valence-corrected chi connectivity index (χ0v) is 14.7. The van der Waals surface area contributed by atoms with Gasteiger partial charge in [-0.1, -0.05) is 63.2 Å². The molecule has 0 unspecified atom stereocenters. The minimum Gasteiger partial charge on any atom is -0.382 e. The van der Waals surface area contributed by atoms with Crippen LogP contribution in [-0.4, -0.2) is 9.97 Å². The number of aromatic nitrogens is 2. The van der Waals surface area contributed by atoms with Gasteiger partial charge in [-0.2, -0.15) is 0 Å². The molecular formula is C21H23N3. The van der Waals surface area contributed by atoms with Crippen molar-refractivity contribution in [2.24, 2.45) is 0 Å². The summed E-state index contributed by atoms with van der Waals surface area (Å²) in [5, 5.41) is 0. The third-order valence-electron chi connectivity index (χ3n) is 4.16. The van der Waals surface area contributed by atoms with E-state index in [1.54, 1.807) is 6.20 Å². The van der Waals surface area contributed by atoms with E-state index in [1.807, 2.05) is 30.3 Å². The van der Waals surface area contributed by atoms with Gasteiger partial charge in [-0.05, 0) is 29.5 Å². The first kappa shape index (κ1) is 16.2. The van der Waals surface area contributed by atoms with Crippen molar-refractivity contribution in [2.75, 3.05) is 5.73 Å². The van der Waals surface area contributed by atoms with Crippen LogP contribution in [0.1, 0.15) is 31.9 Å². The number of nitrogens with zero attached hydrogens (tertiary/aromatic N) is 2. The van der Waals surface area contributed by atoms with E-state index in [1.165, 1.54) is 11.1 Å². The van der Waals surface area contributed by atoms with Crippen molar-refractivity contribution in [1.29, 1.82) is 0 Å². The summed E-state index contributed by atoms with van der Waals surface area (Å²) in [4.78, 5) is 9.14. The maximum atomic E-state index is 5.89. The van der Waals surface area contributed by atoms with Gasteiger partial charge >= 0.3 is 0 Å². The largest absolute Gasteiger partial charge is 0.382 e. The van der Waals surface area contributed by atoms with Crippen molar-refractivity contribution in [3.05, 3.63) is 65.9 Å². The van der Waals surface area contributed by atoms with Crippen LogP contribution in [0, 0.1) is 6.92 Å². The Hall–Kier alpha value is -2.68. The standard InChI is InChI=1S/C21H23N3/c1-14-10-11-16(12-17(14)21(2,3)4)19-20(24-18(22)13-23-19)15-8-6-5-7-9-15/h5-13H,1-4H3,(H2,22,24). The van der Waals surface area contributed by atoms with Crippen LogP contribution < -0.4 is 5.73 Å². The molecule has 24 heavy (non-hydrogen) atoms. The normalized spacial score (nSPS) is 11.5. The third-order valence-corrected chi connectivity index (χ3v) is 4.16. The molecule has 3 rings (SSSR count). The second-order valence-corrected chi connectivity index (χ2v) is 7.14. The molecule has 2 aromatic carbocycles. The van der Waals surface area contributed by atoms with Gasteiger partial charge in [0.15, 0.2) is 0 Å². The molecule has 0 atom stereocenters. The molecule has 0 saturated carbocycles. The molecule has 0 aliphatic rings. The maximum Gasteiger partial charge on any atom is 0.142 e. The summed E-state index contributed by atoms with van der Waals surface area (Å²) in [6, 6.07) is 16.5. The van der Waals surface area contributed by atoms with Crippen molar-refractivity contribution in [2.45, 2.75) is 33.1 Å². The third kappa shape index (κ3) is 3.16. The van der Waals surface area contributed by atoms with Crippen LogP contribution in [0.2, 0.25) is 0 Å². The Morgan fingerprint density at radius 1 is 0.875 bits per heavy atom. The smallest absolute Gasteiger partial charge is 0.142 e. The molecule has 3 heteroatoms. The molecule has 1 aromatic heterocycles. The van der Waals surface area contributed by atoms with Gasteiger partial charge in [0, 0.05) is 11.1 Å². The molecule has 0 fully saturated rings. The second kappa shape index (κ2) is 6.08. The van der Waals surface area contributed by atoms with E-state index in [9.17, 15) is 0 Å². The van der Waals surface area contributed by atoms with Gasteiger partial charge in [-0.25, -0.2) is 4.98 Å². The van der Waals surface area contributed by atoms with Crippen LogP contribution in [0.15, 0.2) is 54.7 Å². The zero-order valence-electron chi connectivity index (χ0n) is 14.7. The average Bonchev–Trinajstić information content (AvgIpc) is 2.55. The monoisotopic (exact) mass is 317 g/mol.